The zero-order chi connectivity index (χ0) is 22.3. The average Bonchev–Trinajstić information content (AvgIpc) is 2.70. The number of nitrogens with one attached hydrogen (secondary N) is 1. The van der Waals surface area contributed by atoms with Crippen molar-refractivity contribution in [2.75, 3.05) is 18.5 Å². The van der Waals surface area contributed by atoms with Gasteiger partial charge >= 0.3 is 5.97 Å². The highest BCUT2D eigenvalue weighted by molar-refractivity contribution is 5.94. The fourth-order valence-electron chi connectivity index (χ4n) is 3.28. The Morgan fingerprint density at radius 1 is 0.767 bits per heavy atom. The van der Waals surface area contributed by atoms with Gasteiger partial charge in [0.1, 0.15) is 5.75 Å². The summed E-state index contributed by atoms with van der Waals surface area (Å²) in [6, 6.07) is 13.6. The molecule has 1 N–H and O–H groups in total. The monoisotopic (exact) mass is 411 g/mol. The SMILES string of the molecule is CC(C)c1ccccc1OCC(=O)OCC(=O)Nc1c(C(C)C)cccc1C(C)C. The fourth-order valence-corrected chi connectivity index (χ4v) is 3.28. The molecule has 1 amide bonds. The predicted octanol–water partition coefficient (Wildman–Crippen LogP) is 5.62. The number of amides is 1. The van der Waals surface area contributed by atoms with E-state index in [1.54, 1.807) is 0 Å². The van der Waals surface area contributed by atoms with Crippen molar-refractivity contribution in [1.29, 1.82) is 0 Å². The zero-order valence-electron chi connectivity index (χ0n) is 18.8. The molecule has 0 aliphatic carbocycles. The van der Waals surface area contributed by atoms with Crippen molar-refractivity contribution in [3.8, 4) is 5.75 Å². The number of hydrogen-bond donors (Lipinski definition) is 1. The number of carbonyl (C=O) groups is 2. The van der Waals surface area contributed by atoms with Crippen LogP contribution in [0.15, 0.2) is 42.5 Å². The minimum atomic E-state index is -0.579. The van der Waals surface area contributed by atoms with Gasteiger partial charge in [0.25, 0.3) is 5.91 Å². The molecule has 0 heterocycles. The van der Waals surface area contributed by atoms with Crippen LogP contribution in [0.3, 0.4) is 0 Å². The predicted molar refractivity (Wildman–Crippen MR) is 120 cm³/mol. The molecule has 5 nitrogen and oxygen atoms in total. The van der Waals surface area contributed by atoms with Gasteiger partial charge in [-0.2, -0.15) is 0 Å². The molecule has 2 rings (SSSR count). The molecule has 162 valence electrons. The Morgan fingerprint density at radius 2 is 1.30 bits per heavy atom. The molecule has 0 saturated carbocycles. The quantitative estimate of drug-likeness (QED) is 0.544. The van der Waals surface area contributed by atoms with E-state index in [9.17, 15) is 9.59 Å². The van der Waals surface area contributed by atoms with Crippen molar-refractivity contribution >= 4 is 17.6 Å². The van der Waals surface area contributed by atoms with Crippen LogP contribution in [-0.4, -0.2) is 25.1 Å². The first-order valence-electron chi connectivity index (χ1n) is 10.5. The van der Waals surface area contributed by atoms with Gasteiger partial charge < -0.3 is 14.8 Å². The summed E-state index contributed by atoms with van der Waals surface area (Å²) in [6.45, 7) is 11.9. The van der Waals surface area contributed by atoms with Crippen molar-refractivity contribution in [2.45, 2.75) is 59.3 Å². The highest BCUT2D eigenvalue weighted by Crippen LogP contribution is 2.32. The number of anilines is 1. The molecule has 0 unspecified atom stereocenters. The minimum Gasteiger partial charge on any atom is -0.482 e. The lowest BCUT2D eigenvalue weighted by molar-refractivity contribution is -0.149. The molecule has 0 spiro atoms. The third kappa shape index (κ3) is 6.34. The summed E-state index contributed by atoms with van der Waals surface area (Å²) in [5.74, 6) is 0.512. The van der Waals surface area contributed by atoms with Gasteiger partial charge in [0.15, 0.2) is 13.2 Å². The smallest absolute Gasteiger partial charge is 0.344 e. The summed E-state index contributed by atoms with van der Waals surface area (Å²) in [5.41, 5.74) is 3.96. The first-order valence-corrected chi connectivity index (χ1v) is 10.5. The highest BCUT2D eigenvalue weighted by atomic mass is 16.6. The molecule has 0 atom stereocenters. The number of esters is 1. The second-order valence-electron chi connectivity index (χ2n) is 8.31. The molecule has 2 aromatic carbocycles. The Kier molecular flexibility index (Phi) is 8.46. The van der Waals surface area contributed by atoms with Gasteiger partial charge in [0, 0.05) is 5.69 Å². The van der Waals surface area contributed by atoms with E-state index < -0.39 is 5.97 Å². The summed E-state index contributed by atoms with van der Waals surface area (Å²) in [4.78, 5) is 24.5. The van der Waals surface area contributed by atoms with E-state index in [2.05, 4.69) is 46.9 Å². The lowest BCUT2D eigenvalue weighted by Gasteiger charge is -2.20. The lowest BCUT2D eigenvalue weighted by atomic mass is 9.92. The standard InChI is InChI=1S/C25H33NO4/c1-16(2)19-10-7-8-13-22(19)29-15-24(28)30-14-23(27)26-25-20(17(3)4)11-9-12-21(25)18(5)6/h7-13,16-18H,14-15H2,1-6H3,(H,26,27). The van der Waals surface area contributed by atoms with Crippen molar-refractivity contribution in [3.05, 3.63) is 59.2 Å². The van der Waals surface area contributed by atoms with Crippen LogP contribution < -0.4 is 10.1 Å². The maximum absolute atomic E-state index is 12.5. The van der Waals surface area contributed by atoms with Crippen molar-refractivity contribution in [1.82, 2.24) is 0 Å². The van der Waals surface area contributed by atoms with Gasteiger partial charge in [0.2, 0.25) is 0 Å². The third-order valence-electron chi connectivity index (χ3n) is 4.89. The average molecular weight is 412 g/mol. The Bertz CT molecular complexity index is 845. The number of para-hydroxylation sites is 2. The van der Waals surface area contributed by atoms with Gasteiger partial charge in [-0.15, -0.1) is 0 Å². The van der Waals surface area contributed by atoms with Crippen molar-refractivity contribution in [3.63, 3.8) is 0 Å². The molecule has 2 aromatic rings. The molecular formula is C25H33NO4. The van der Waals surface area contributed by atoms with Gasteiger partial charge in [0.05, 0.1) is 0 Å². The Balaban J connectivity index is 1.95. The maximum Gasteiger partial charge on any atom is 0.344 e. The number of ether oxygens (including phenoxy) is 2. The molecule has 0 aromatic heterocycles. The largest absolute Gasteiger partial charge is 0.482 e. The van der Waals surface area contributed by atoms with Crippen LogP contribution >= 0.6 is 0 Å². The van der Waals surface area contributed by atoms with E-state index in [0.29, 0.717) is 5.75 Å². The number of rotatable bonds is 9. The summed E-state index contributed by atoms with van der Waals surface area (Å²) in [7, 11) is 0. The molecule has 0 fully saturated rings. The molecule has 0 radical (unpaired) electrons. The third-order valence-corrected chi connectivity index (χ3v) is 4.89. The van der Waals surface area contributed by atoms with E-state index in [1.807, 2.05) is 42.5 Å². The molecule has 5 heteroatoms. The van der Waals surface area contributed by atoms with Gasteiger partial charge in [-0.25, -0.2) is 4.79 Å². The van der Waals surface area contributed by atoms with E-state index in [-0.39, 0.29) is 36.9 Å². The van der Waals surface area contributed by atoms with Crippen LogP contribution in [-0.2, 0) is 14.3 Å². The second kappa shape index (κ2) is 10.8. The highest BCUT2D eigenvalue weighted by Gasteiger charge is 2.17. The fraction of sp³-hybridized carbons (Fsp3) is 0.440. The number of benzene rings is 2. The van der Waals surface area contributed by atoms with Gasteiger partial charge in [-0.3, -0.25) is 4.79 Å². The maximum atomic E-state index is 12.5. The molecule has 0 aliphatic rings. The first kappa shape index (κ1) is 23.5. The van der Waals surface area contributed by atoms with Crippen molar-refractivity contribution < 1.29 is 19.1 Å². The molecule has 0 aliphatic heterocycles. The molecule has 30 heavy (non-hydrogen) atoms. The lowest BCUT2D eigenvalue weighted by Crippen LogP contribution is -2.25. The first-order chi connectivity index (χ1) is 14.2. The van der Waals surface area contributed by atoms with Crippen LogP contribution in [0.25, 0.3) is 0 Å². The van der Waals surface area contributed by atoms with Crippen LogP contribution in [0.4, 0.5) is 5.69 Å². The van der Waals surface area contributed by atoms with Gasteiger partial charge in [-0.1, -0.05) is 77.9 Å². The summed E-state index contributed by atoms with van der Waals surface area (Å²) in [5, 5.41) is 2.94. The molecular weight excluding hydrogens is 378 g/mol. The number of hydrogen-bond acceptors (Lipinski definition) is 4. The van der Waals surface area contributed by atoms with E-state index in [1.165, 1.54) is 0 Å². The summed E-state index contributed by atoms with van der Waals surface area (Å²) < 4.78 is 10.7. The topological polar surface area (TPSA) is 64.6 Å². The van der Waals surface area contributed by atoms with Crippen LogP contribution in [0.5, 0.6) is 5.75 Å². The Labute approximate surface area is 179 Å². The van der Waals surface area contributed by atoms with E-state index >= 15 is 0 Å². The molecule has 0 bridgehead atoms. The summed E-state index contributed by atoms with van der Waals surface area (Å²) >= 11 is 0. The van der Waals surface area contributed by atoms with Crippen LogP contribution in [0.2, 0.25) is 0 Å². The van der Waals surface area contributed by atoms with E-state index in [4.69, 9.17) is 9.47 Å². The zero-order valence-corrected chi connectivity index (χ0v) is 18.8. The van der Waals surface area contributed by atoms with Crippen molar-refractivity contribution in [2.24, 2.45) is 0 Å². The van der Waals surface area contributed by atoms with Crippen LogP contribution in [0, 0.1) is 0 Å². The number of carbonyl (C=O) groups excluding carboxylic acids is 2. The van der Waals surface area contributed by atoms with Gasteiger partial charge in [-0.05, 0) is 40.5 Å². The summed E-state index contributed by atoms with van der Waals surface area (Å²) in [6.07, 6.45) is 0. The van der Waals surface area contributed by atoms with Crippen LogP contribution in [0.1, 0.15) is 76.0 Å². The second-order valence-corrected chi connectivity index (χ2v) is 8.31. The Morgan fingerprint density at radius 3 is 1.87 bits per heavy atom. The molecule has 0 saturated heterocycles. The normalized spacial score (nSPS) is 11.1. The van der Waals surface area contributed by atoms with E-state index in [0.717, 1.165) is 22.4 Å². The Hall–Kier alpha value is -2.82. The minimum absolute atomic E-state index is 0.239.